The summed E-state index contributed by atoms with van der Waals surface area (Å²) in [5.41, 5.74) is 14.2. The molecule has 0 amide bonds. The van der Waals surface area contributed by atoms with Gasteiger partial charge in [-0.1, -0.05) is 72.7 Å². The number of esters is 2. The molecule has 0 radical (unpaired) electrons. The Labute approximate surface area is 372 Å². The van der Waals surface area contributed by atoms with Crippen LogP contribution in [0, 0.1) is 64.1 Å². The third kappa shape index (κ3) is 4.52. The molecular formula is C55H63N3O5. The number of carbonyl (C=O) groups is 2. The van der Waals surface area contributed by atoms with E-state index in [0.717, 1.165) is 62.9 Å². The number of allylic oxidation sites excluding steroid dienone is 4. The van der Waals surface area contributed by atoms with Crippen LogP contribution in [0.4, 0.5) is 0 Å². The number of rotatable bonds is 3. The van der Waals surface area contributed by atoms with E-state index in [2.05, 4.69) is 78.3 Å². The lowest BCUT2D eigenvalue weighted by Crippen LogP contribution is -2.78. The first-order valence-corrected chi connectivity index (χ1v) is 25.1. The van der Waals surface area contributed by atoms with E-state index in [1.165, 1.54) is 48.0 Å². The average Bonchev–Trinajstić information content (AvgIpc) is 3.72. The molecule has 1 saturated carbocycles. The number of hydrogen-bond acceptors (Lipinski definition) is 8. The Morgan fingerprint density at radius 2 is 1.81 bits per heavy atom. The topological polar surface area (TPSA) is 105 Å². The van der Waals surface area contributed by atoms with Crippen molar-refractivity contribution in [3.8, 4) is 0 Å². The van der Waals surface area contributed by atoms with Gasteiger partial charge >= 0.3 is 11.9 Å². The predicted molar refractivity (Wildman–Crippen MR) is 239 cm³/mol. The molecule has 9 heterocycles. The van der Waals surface area contributed by atoms with Crippen LogP contribution in [0.3, 0.4) is 0 Å². The van der Waals surface area contributed by atoms with Gasteiger partial charge in [0.05, 0.1) is 11.0 Å². The number of aliphatic hydroxyl groups is 1. The van der Waals surface area contributed by atoms with Gasteiger partial charge in [-0.3, -0.25) is 9.69 Å². The van der Waals surface area contributed by atoms with Crippen molar-refractivity contribution in [3.63, 3.8) is 0 Å². The summed E-state index contributed by atoms with van der Waals surface area (Å²) in [4.78, 5) is 36.8. The molecule has 3 N–H and O–H groups in total. The minimum Gasteiger partial charge on any atom is -0.509 e. The van der Waals surface area contributed by atoms with Crippen molar-refractivity contribution in [3.05, 3.63) is 116 Å². The summed E-state index contributed by atoms with van der Waals surface area (Å²) in [5, 5.41) is 13.0. The van der Waals surface area contributed by atoms with Crippen LogP contribution in [0.15, 0.2) is 88.6 Å². The van der Waals surface area contributed by atoms with Crippen molar-refractivity contribution in [1.82, 2.24) is 9.80 Å². The fourth-order valence-electron chi connectivity index (χ4n) is 18.3. The number of aliphatic hydroxyl groups excluding tert-OH is 1. The zero-order chi connectivity index (χ0) is 42.3. The fraction of sp³-hybridized carbons (Fsp3) is 0.600. The van der Waals surface area contributed by atoms with Crippen molar-refractivity contribution < 1.29 is 24.2 Å². The summed E-state index contributed by atoms with van der Waals surface area (Å²) in [6, 6.07) is 16.4. The Kier molecular flexibility index (Phi) is 7.89. The number of nitrogens with zero attached hydrogens (tertiary/aromatic N) is 2. The normalized spacial score (nSPS) is 44.3. The van der Waals surface area contributed by atoms with Crippen molar-refractivity contribution >= 4 is 11.9 Å². The second-order valence-corrected chi connectivity index (χ2v) is 22.7. The lowest BCUT2D eigenvalue weighted by atomic mass is 9.27. The molecule has 6 aliphatic carbocycles. The minimum absolute atomic E-state index is 0.0264. The number of ether oxygens (including phenoxy) is 2. The summed E-state index contributed by atoms with van der Waals surface area (Å²) in [5.74, 6) is 2.56. The average molecular weight is 846 g/mol. The van der Waals surface area contributed by atoms with E-state index in [1.54, 1.807) is 11.3 Å². The number of piperidine rings is 2. The largest absolute Gasteiger partial charge is 0.509 e. The van der Waals surface area contributed by atoms with E-state index in [4.69, 9.17) is 15.2 Å². The number of hydrogen-bond donors (Lipinski definition) is 2. The Morgan fingerprint density at radius 1 is 0.937 bits per heavy atom. The third-order valence-corrected chi connectivity index (χ3v) is 20.2. The highest BCUT2D eigenvalue weighted by atomic mass is 16.6. The van der Waals surface area contributed by atoms with Gasteiger partial charge in [-0.25, -0.2) is 4.79 Å². The number of nitrogens with two attached hydrogens (primary N) is 1. The van der Waals surface area contributed by atoms with E-state index in [0.29, 0.717) is 73.3 Å². The maximum absolute atomic E-state index is 16.2. The van der Waals surface area contributed by atoms with Crippen molar-refractivity contribution in [2.45, 2.75) is 115 Å². The number of benzene rings is 2. The van der Waals surface area contributed by atoms with Crippen molar-refractivity contribution in [1.29, 1.82) is 0 Å². The van der Waals surface area contributed by atoms with E-state index >= 15 is 4.79 Å². The highest BCUT2D eigenvalue weighted by molar-refractivity contribution is 6.00. The zero-order valence-electron chi connectivity index (χ0n) is 37.1. The van der Waals surface area contributed by atoms with Gasteiger partial charge < -0.3 is 25.2 Å². The molecule has 16 bridgehead atoms. The molecule has 3 spiro atoms. The maximum atomic E-state index is 16.2. The summed E-state index contributed by atoms with van der Waals surface area (Å²) < 4.78 is 14.2. The van der Waals surface area contributed by atoms with Crippen molar-refractivity contribution in [2.75, 3.05) is 26.2 Å². The molecule has 15 aliphatic rings. The second-order valence-electron chi connectivity index (χ2n) is 22.7. The maximum Gasteiger partial charge on any atom is 0.339 e. The summed E-state index contributed by atoms with van der Waals surface area (Å²) >= 11 is 0. The van der Waals surface area contributed by atoms with Crippen LogP contribution in [-0.2, 0) is 39.1 Å². The van der Waals surface area contributed by atoms with Gasteiger partial charge in [-0.2, -0.15) is 0 Å². The highest BCUT2D eigenvalue weighted by Gasteiger charge is 2.94. The molecule has 3 saturated heterocycles. The standard InChI is InChI=1S/C55H63N3O5/c1-29-20-36-14-16-42-37-23-34-26-57(28-37)30(2)21-43(59)50-53-18-17-39-47(49(36)58(42)27-34)45(29)40-24-33-7-3-6-31(22-33)11-12-32-13-15-38(40)48(39)54(53,52(61)62-50)44(25-32)55(53)41-10-4-8-35(9-5-19-56)46(41)51(60)63-55/h3-4,6-8,10,13,15,22,29-30,32,34,37-38,40,42,44-45,47,59H,5,9,11-12,14,16-21,23-28,56H2,1-2H3. The van der Waals surface area contributed by atoms with E-state index < -0.39 is 16.4 Å². The Balaban J connectivity index is 1.10. The van der Waals surface area contributed by atoms with E-state index in [1.807, 2.05) is 0 Å². The molecule has 0 aromatic heterocycles. The lowest BCUT2D eigenvalue weighted by molar-refractivity contribution is -0.282. The molecule has 9 aliphatic heterocycles. The van der Waals surface area contributed by atoms with Gasteiger partial charge in [0, 0.05) is 67.2 Å². The molecule has 8 nitrogen and oxygen atoms in total. The number of fused-ring (bicyclic) bond motifs is 7. The molecular weight excluding hydrogens is 783 g/mol. The zero-order valence-corrected chi connectivity index (χ0v) is 37.1. The van der Waals surface area contributed by atoms with Crippen LogP contribution in [0.1, 0.15) is 111 Å². The van der Waals surface area contributed by atoms with Gasteiger partial charge in [0.25, 0.3) is 0 Å². The molecule has 328 valence electrons. The van der Waals surface area contributed by atoms with Crippen LogP contribution >= 0.6 is 0 Å². The quantitative estimate of drug-likeness (QED) is 0.234. The molecule has 63 heavy (non-hydrogen) atoms. The molecule has 15 unspecified atom stereocenters. The minimum atomic E-state index is -1.16. The summed E-state index contributed by atoms with van der Waals surface area (Å²) in [7, 11) is 0. The van der Waals surface area contributed by atoms with Crippen LogP contribution in [0.5, 0.6) is 0 Å². The second kappa shape index (κ2) is 13.0. The molecule has 2 aromatic rings. The summed E-state index contributed by atoms with van der Waals surface area (Å²) in [6.45, 7) is 8.54. The molecule has 8 heteroatoms. The number of carbonyl (C=O) groups excluding carboxylic acids is 2. The first kappa shape index (κ1) is 38.2. The van der Waals surface area contributed by atoms with Gasteiger partial charge in [0.1, 0.15) is 11.2 Å². The molecule has 15 atom stereocenters. The predicted octanol–water partition coefficient (Wildman–Crippen LogP) is 8.71. The van der Waals surface area contributed by atoms with Crippen LogP contribution < -0.4 is 5.73 Å². The van der Waals surface area contributed by atoms with E-state index in [-0.39, 0.29) is 53.3 Å². The monoisotopic (exact) mass is 845 g/mol. The first-order valence-electron chi connectivity index (χ1n) is 25.1. The molecule has 17 rings (SSSR count). The molecule has 4 fully saturated rings. The third-order valence-electron chi connectivity index (χ3n) is 20.2. The molecule has 2 aromatic carbocycles. The van der Waals surface area contributed by atoms with Gasteiger partial charge in [0.15, 0.2) is 11.4 Å². The fourth-order valence-corrected chi connectivity index (χ4v) is 18.3. The Bertz CT molecular complexity index is 2540. The van der Waals surface area contributed by atoms with Crippen LogP contribution in [0.25, 0.3) is 0 Å². The van der Waals surface area contributed by atoms with Crippen LogP contribution in [0.2, 0.25) is 0 Å². The highest BCUT2D eigenvalue weighted by Crippen LogP contribution is 2.88. The van der Waals surface area contributed by atoms with Crippen molar-refractivity contribution in [2.24, 2.45) is 69.8 Å². The smallest absolute Gasteiger partial charge is 0.339 e. The number of aryl methyl sites for hydroxylation is 2. The van der Waals surface area contributed by atoms with Crippen LogP contribution in [-0.4, -0.2) is 65.1 Å². The van der Waals surface area contributed by atoms with Gasteiger partial charge in [-0.05, 0) is 148 Å². The Hall–Kier alpha value is -4.14. The first-order chi connectivity index (χ1) is 30.7. The van der Waals surface area contributed by atoms with Gasteiger partial charge in [0.2, 0.25) is 0 Å². The SMILES string of the molecule is CC1CC2=C3C4C5=C6C7C=CC(CCc8cccc(c8)CC7C14)CC1C64C(=O)OC(=C(O)CC(C)N6CC7CC(C6)C(CC2)N3C7)C4(CC5)C12OC(=O)c1c(CCCN)cccc12. The van der Waals surface area contributed by atoms with E-state index in [9.17, 15) is 9.90 Å². The summed E-state index contributed by atoms with van der Waals surface area (Å²) in [6.07, 6.45) is 16.8. The van der Waals surface area contributed by atoms with Gasteiger partial charge in [-0.15, -0.1) is 0 Å². The lowest BCUT2D eigenvalue weighted by Gasteiger charge is -2.73. The Morgan fingerprint density at radius 3 is 2.70 bits per heavy atom.